The molecule has 2 aliphatic rings. The van der Waals surface area contributed by atoms with Crippen molar-refractivity contribution in [2.45, 2.75) is 38.9 Å². The lowest BCUT2D eigenvalue weighted by molar-refractivity contribution is 0.0527. The van der Waals surface area contributed by atoms with E-state index in [1.807, 2.05) is 66.1 Å². The number of likely N-dealkylation sites (tertiary alicyclic amines) is 1. The van der Waals surface area contributed by atoms with Crippen molar-refractivity contribution in [2.75, 3.05) is 24.6 Å². The Balaban J connectivity index is 1.11. The van der Waals surface area contributed by atoms with Crippen molar-refractivity contribution in [2.24, 2.45) is 4.99 Å². The van der Waals surface area contributed by atoms with E-state index in [1.54, 1.807) is 6.07 Å². The highest BCUT2D eigenvalue weighted by molar-refractivity contribution is 6.13. The van der Waals surface area contributed by atoms with Crippen LogP contribution in [0.3, 0.4) is 0 Å². The summed E-state index contributed by atoms with van der Waals surface area (Å²) in [4.78, 5) is 38.2. The molecule has 2 aliphatic heterocycles. The van der Waals surface area contributed by atoms with E-state index >= 15 is 0 Å². The molecule has 0 saturated carbocycles. The van der Waals surface area contributed by atoms with E-state index in [1.165, 1.54) is 5.56 Å². The van der Waals surface area contributed by atoms with Gasteiger partial charge in [0.1, 0.15) is 5.84 Å². The summed E-state index contributed by atoms with van der Waals surface area (Å²) in [5, 5.41) is 0. The van der Waals surface area contributed by atoms with Crippen LogP contribution in [-0.4, -0.2) is 46.0 Å². The zero-order valence-corrected chi connectivity index (χ0v) is 24.8. The summed E-state index contributed by atoms with van der Waals surface area (Å²) in [6.07, 6.45) is 1.87. The van der Waals surface area contributed by atoms with Gasteiger partial charge in [-0.05, 0) is 61.2 Å². The lowest BCUT2D eigenvalue weighted by atomic mass is 10.0. The fraction of sp³-hybridized carbons (Fsp3) is 0.250. The third-order valence-electron chi connectivity index (χ3n) is 8.65. The van der Waals surface area contributed by atoms with Crippen LogP contribution in [0, 0.1) is 0 Å². The number of imidazole rings is 1. The minimum atomic E-state index is -0.353. The van der Waals surface area contributed by atoms with E-state index in [9.17, 15) is 9.59 Å². The predicted octanol–water partition coefficient (Wildman–Crippen LogP) is 6.44. The number of H-pyrrole nitrogens is 1. The van der Waals surface area contributed by atoms with Gasteiger partial charge < -0.3 is 14.6 Å². The number of ether oxygens (including phenoxy) is 1. The Morgan fingerprint density at radius 3 is 2.43 bits per heavy atom. The standard InChI is InChI=1S/C36H35N5O3/c1-2-44-35(42)30-12-8-9-27-24-40(28-10-4-3-5-11-28)34(38-33(27)30)26-17-15-25(16-18-26)23-39-21-19-29(20-22-39)41-32-14-7-6-13-31(32)37-36(41)43/h3-18,29H,2,19-24H2,1H3,(H,37,43). The molecular formula is C36H35N5O3. The second-order valence-corrected chi connectivity index (χ2v) is 11.4. The molecule has 0 amide bonds. The topological polar surface area (TPSA) is 82.9 Å². The molecule has 0 unspecified atom stereocenters. The van der Waals surface area contributed by atoms with Crippen molar-refractivity contribution >= 4 is 34.2 Å². The zero-order chi connectivity index (χ0) is 30.0. The zero-order valence-electron chi connectivity index (χ0n) is 24.8. The molecule has 0 atom stereocenters. The van der Waals surface area contributed by atoms with Gasteiger partial charge in [-0.2, -0.15) is 0 Å². The third kappa shape index (κ3) is 5.33. The molecule has 4 aromatic carbocycles. The predicted molar refractivity (Wildman–Crippen MR) is 174 cm³/mol. The minimum absolute atomic E-state index is 0.0209. The quantitative estimate of drug-likeness (QED) is 0.222. The number of anilines is 1. The molecule has 8 nitrogen and oxygen atoms in total. The van der Waals surface area contributed by atoms with Crippen LogP contribution in [0.5, 0.6) is 0 Å². The van der Waals surface area contributed by atoms with Crippen LogP contribution >= 0.6 is 0 Å². The van der Waals surface area contributed by atoms with Gasteiger partial charge in [-0.15, -0.1) is 0 Å². The normalized spacial score (nSPS) is 15.7. The fourth-order valence-corrected chi connectivity index (χ4v) is 6.47. The average molecular weight is 586 g/mol. The molecule has 0 bridgehead atoms. The smallest absolute Gasteiger partial charge is 0.340 e. The van der Waals surface area contributed by atoms with Crippen LogP contribution in [0.25, 0.3) is 11.0 Å². The van der Waals surface area contributed by atoms with E-state index in [-0.39, 0.29) is 17.7 Å². The summed E-state index contributed by atoms with van der Waals surface area (Å²) >= 11 is 0. The van der Waals surface area contributed by atoms with E-state index in [0.717, 1.165) is 66.2 Å². The summed E-state index contributed by atoms with van der Waals surface area (Å²) in [5.74, 6) is 0.450. The van der Waals surface area contributed by atoms with E-state index in [4.69, 9.17) is 9.73 Å². The number of para-hydroxylation sites is 4. The van der Waals surface area contributed by atoms with Gasteiger partial charge in [0, 0.05) is 36.9 Å². The molecule has 0 spiro atoms. The number of nitrogens with zero attached hydrogens (tertiary/aromatic N) is 4. The molecule has 1 fully saturated rings. The molecule has 7 rings (SSSR count). The summed E-state index contributed by atoms with van der Waals surface area (Å²) in [6.45, 7) is 5.44. The number of aromatic nitrogens is 2. The first-order valence-corrected chi connectivity index (χ1v) is 15.3. The van der Waals surface area contributed by atoms with Gasteiger partial charge in [-0.3, -0.25) is 9.47 Å². The van der Waals surface area contributed by atoms with Gasteiger partial charge in [0.05, 0.1) is 35.4 Å². The first kappa shape index (κ1) is 27.9. The molecule has 1 saturated heterocycles. The Labute approximate surface area is 256 Å². The molecule has 222 valence electrons. The maximum Gasteiger partial charge on any atom is 0.340 e. The largest absolute Gasteiger partial charge is 0.462 e. The molecule has 3 heterocycles. The number of aromatic amines is 1. The second kappa shape index (κ2) is 12.0. The first-order chi connectivity index (χ1) is 21.6. The van der Waals surface area contributed by atoms with Crippen LogP contribution < -0.4 is 10.6 Å². The Morgan fingerprint density at radius 2 is 1.66 bits per heavy atom. The van der Waals surface area contributed by atoms with E-state index in [0.29, 0.717) is 24.4 Å². The summed E-state index contributed by atoms with van der Waals surface area (Å²) < 4.78 is 7.28. The Kier molecular flexibility index (Phi) is 7.58. The van der Waals surface area contributed by atoms with Gasteiger partial charge in [-0.1, -0.05) is 66.7 Å². The lowest BCUT2D eigenvalue weighted by Crippen LogP contribution is -2.36. The van der Waals surface area contributed by atoms with Gasteiger partial charge in [0.15, 0.2) is 0 Å². The van der Waals surface area contributed by atoms with Gasteiger partial charge >= 0.3 is 11.7 Å². The van der Waals surface area contributed by atoms with Gasteiger partial charge in [0.2, 0.25) is 0 Å². The highest BCUT2D eigenvalue weighted by Crippen LogP contribution is 2.35. The number of amidine groups is 1. The van der Waals surface area contributed by atoms with Crippen molar-refractivity contribution in [3.05, 3.63) is 130 Å². The number of piperidine rings is 1. The number of benzene rings is 4. The van der Waals surface area contributed by atoms with Crippen LogP contribution in [0.15, 0.2) is 107 Å². The number of hydrogen-bond donors (Lipinski definition) is 1. The molecule has 1 aromatic heterocycles. The van der Waals surface area contributed by atoms with Crippen molar-refractivity contribution in [3.63, 3.8) is 0 Å². The molecule has 5 aromatic rings. The minimum Gasteiger partial charge on any atom is -0.462 e. The van der Waals surface area contributed by atoms with Crippen molar-refractivity contribution in [1.29, 1.82) is 0 Å². The Bertz CT molecular complexity index is 1880. The van der Waals surface area contributed by atoms with Crippen LogP contribution in [0.4, 0.5) is 11.4 Å². The summed E-state index contributed by atoms with van der Waals surface area (Å²) in [5.41, 5.74) is 7.27. The van der Waals surface area contributed by atoms with Gasteiger partial charge in [0.25, 0.3) is 0 Å². The number of fused-ring (bicyclic) bond motifs is 2. The first-order valence-electron chi connectivity index (χ1n) is 15.3. The molecule has 0 aliphatic carbocycles. The van der Waals surface area contributed by atoms with Crippen molar-refractivity contribution in [3.8, 4) is 0 Å². The van der Waals surface area contributed by atoms with E-state index in [2.05, 4.69) is 51.2 Å². The highest BCUT2D eigenvalue weighted by atomic mass is 16.5. The van der Waals surface area contributed by atoms with Crippen molar-refractivity contribution in [1.82, 2.24) is 14.5 Å². The highest BCUT2D eigenvalue weighted by Gasteiger charge is 2.27. The van der Waals surface area contributed by atoms with Crippen LogP contribution in [0.1, 0.15) is 52.9 Å². The molecule has 44 heavy (non-hydrogen) atoms. The number of aliphatic imine (C=N–C) groups is 1. The summed E-state index contributed by atoms with van der Waals surface area (Å²) in [7, 11) is 0. The lowest BCUT2D eigenvalue weighted by Gasteiger charge is -2.33. The maximum atomic E-state index is 12.8. The maximum absolute atomic E-state index is 12.8. The van der Waals surface area contributed by atoms with Crippen molar-refractivity contribution < 1.29 is 9.53 Å². The van der Waals surface area contributed by atoms with E-state index < -0.39 is 0 Å². The summed E-state index contributed by atoms with van der Waals surface area (Å²) in [6, 6.07) is 32.6. The number of esters is 1. The third-order valence-corrected chi connectivity index (χ3v) is 8.65. The second-order valence-electron chi connectivity index (χ2n) is 11.4. The molecule has 8 heteroatoms. The van der Waals surface area contributed by atoms with Gasteiger partial charge in [-0.25, -0.2) is 14.6 Å². The molecule has 1 N–H and O–H groups in total. The number of hydrogen-bond acceptors (Lipinski definition) is 6. The van der Waals surface area contributed by atoms with Crippen LogP contribution in [0.2, 0.25) is 0 Å². The Hall–Kier alpha value is -4.95. The molecule has 0 radical (unpaired) electrons. The number of carbonyl (C=O) groups is 1. The number of carbonyl (C=O) groups excluding carboxylic acids is 1. The monoisotopic (exact) mass is 585 g/mol. The SMILES string of the molecule is CCOC(=O)c1cccc2c1N=C(c1ccc(CN3CCC(n4c(=O)[nH]c5ccccc54)CC3)cc1)N(c1ccccc1)C2. The Morgan fingerprint density at radius 1 is 0.909 bits per heavy atom. The number of rotatable bonds is 7. The number of nitrogens with one attached hydrogen (secondary N) is 1. The molecular weight excluding hydrogens is 550 g/mol. The average Bonchev–Trinajstić information content (AvgIpc) is 3.40. The fourth-order valence-electron chi connectivity index (χ4n) is 6.47. The van der Waals surface area contributed by atoms with Crippen LogP contribution in [-0.2, 0) is 17.8 Å².